The number of fused-ring (bicyclic) bond motifs is 2. The number of halogens is 1. The molecule has 5 heterocycles. The average molecular weight is 631 g/mol. The van der Waals surface area contributed by atoms with E-state index in [1.807, 2.05) is 12.1 Å². The van der Waals surface area contributed by atoms with Crippen molar-refractivity contribution in [1.82, 2.24) is 30.1 Å². The second-order valence-electron chi connectivity index (χ2n) is 10.4. The number of aromatic nitrogens is 6. The zero-order valence-electron chi connectivity index (χ0n) is 24.2. The number of nitrogens with two attached hydrogens (primary N) is 1. The first-order chi connectivity index (χ1) is 21.7. The number of nitrogens with one attached hydrogen (secondary N) is 2. The highest BCUT2D eigenvalue weighted by Crippen LogP contribution is 2.37. The first kappa shape index (κ1) is 28.3. The summed E-state index contributed by atoms with van der Waals surface area (Å²) in [5, 5.41) is 8.28. The van der Waals surface area contributed by atoms with Crippen molar-refractivity contribution in [3.63, 3.8) is 0 Å². The first-order valence-corrected chi connectivity index (χ1v) is 15.4. The number of piperazine rings is 1. The SMILES string of the molecule is COc1cnc(N2CCN(c3ncnc4n[nH]c(-c5ccc6oc(N)nc6c5)c34)CC2)c(C)c1NS(=O)(=O)c1cccc(F)c1. The van der Waals surface area contributed by atoms with E-state index in [0.717, 1.165) is 28.5 Å². The molecule has 6 aromatic rings. The van der Waals surface area contributed by atoms with Crippen LogP contribution in [0.2, 0.25) is 0 Å². The molecule has 0 aliphatic carbocycles. The van der Waals surface area contributed by atoms with Crippen LogP contribution in [0, 0.1) is 12.7 Å². The van der Waals surface area contributed by atoms with Crippen molar-refractivity contribution in [2.24, 2.45) is 0 Å². The van der Waals surface area contributed by atoms with Gasteiger partial charge in [-0.3, -0.25) is 9.82 Å². The van der Waals surface area contributed by atoms with Gasteiger partial charge in [0.25, 0.3) is 16.0 Å². The molecule has 1 fully saturated rings. The number of benzene rings is 2. The number of ether oxygens (including phenoxy) is 1. The molecule has 4 N–H and O–H groups in total. The summed E-state index contributed by atoms with van der Waals surface area (Å²) < 4.78 is 53.5. The van der Waals surface area contributed by atoms with Gasteiger partial charge in [0.1, 0.15) is 29.3 Å². The molecule has 0 atom stereocenters. The number of nitrogen functional groups attached to an aromatic ring is 1. The first-order valence-electron chi connectivity index (χ1n) is 13.9. The summed E-state index contributed by atoms with van der Waals surface area (Å²) >= 11 is 0. The van der Waals surface area contributed by atoms with Gasteiger partial charge < -0.3 is 24.7 Å². The van der Waals surface area contributed by atoms with Crippen LogP contribution in [0.15, 0.2) is 64.3 Å². The zero-order chi connectivity index (χ0) is 31.3. The predicted octanol–water partition coefficient (Wildman–Crippen LogP) is 3.72. The lowest BCUT2D eigenvalue weighted by atomic mass is 10.1. The quantitative estimate of drug-likeness (QED) is 0.233. The molecule has 1 saturated heterocycles. The molecule has 1 aliphatic rings. The van der Waals surface area contributed by atoms with Crippen LogP contribution >= 0.6 is 0 Å². The van der Waals surface area contributed by atoms with E-state index in [9.17, 15) is 12.8 Å². The lowest BCUT2D eigenvalue weighted by Crippen LogP contribution is -2.47. The minimum absolute atomic E-state index is 0.0937. The van der Waals surface area contributed by atoms with Gasteiger partial charge in [-0.2, -0.15) is 10.1 Å². The van der Waals surface area contributed by atoms with Crippen molar-refractivity contribution in [2.45, 2.75) is 11.8 Å². The second kappa shape index (κ2) is 10.9. The molecule has 16 heteroatoms. The molecule has 0 amide bonds. The molecule has 45 heavy (non-hydrogen) atoms. The maximum Gasteiger partial charge on any atom is 0.292 e. The number of rotatable bonds is 7. The molecule has 2 aromatic carbocycles. The molecule has 7 rings (SSSR count). The Morgan fingerprint density at radius 2 is 1.82 bits per heavy atom. The third-order valence-electron chi connectivity index (χ3n) is 7.73. The molecule has 0 unspecified atom stereocenters. The number of sulfonamides is 1. The van der Waals surface area contributed by atoms with Crippen molar-refractivity contribution >= 4 is 55.5 Å². The summed E-state index contributed by atoms with van der Waals surface area (Å²) in [7, 11) is -2.67. The van der Waals surface area contributed by atoms with Crippen LogP contribution in [-0.4, -0.2) is 71.8 Å². The Hall–Kier alpha value is -5.51. The third-order valence-corrected chi connectivity index (χ3v) is 9.07. The number of methoxy groups -OCH3 is 1. The highest BCUT2D eigenvalue weighted by atomic mass is 32.2. The van der Waals surface area contributed by atoms with Gasteiger partial charge in [-0.1, -0.05) is 6.07 Å². The number of hydrogen-bond donors (Lipinski definition) is 3. The van der Waals surface area contributed by atoms with Crippen LogP contribution in [0.3, 0.4) is 0 Å². The summed E-state index contributed by atoms with van der Waals surface area (Å²) in [4.78, 5) is 21.8. The normalized spacial score (nSPS) is 13.9. The Morgan fingerprint density at radius 1 is 1.04 bits per heavy atom. The number of hydrogen-bond acceptors (Lipinski definition) is 12. The number of nitrogens with zero attached hydrogens (tertiary/aromatic N) is 7. The Bertz CT molecular complexity index is 2180. The highest BCUT2D eigenvalue weighted by molar-refractivity contribution is 7.92. The van der Waals surface area contributed by atoms with E-state index in [2.05, 4.69) is 44.7 Å². The smallest absolute Gasteiger partial charge is 0.292 e. The molecule has 0 radical (unpaired) electrons. The Labute approximate surface area is 256 Å². The predicted molar refractivity (Wildman–Crippen MR) is 166 cm³/mol. The van der Waals surface area contributed by atoms with Crippen LogP contribution in [0.5, 0.6) is 5.75 Å². The molecule has 1 aliphatic heterocycles. The lowest BCUT2D eigenvalue weighted by Gasteiger charge is -2.37. The fraction of sp³-hybridized carbons (Fsp3) is 0.207. The van der Waals surface area contributed by atoms with Crippen molar-refractivity contribution in [1.29, 1.82) is 0 Å². The summed E-state index contributed by atoms with van der Waals surface area (Å²) in [6.07, 6.45) is 2.96. The van der Waals surface area contributed by atoms with E-state index in [1.165, 1.54) is 37.8 Å². The second-order valence-corrected chi connectivity index (χ2v) is 12.1. The van der Waals surface area contributed by atoms with Gasteiger partial charge in [0.05, 0.1) is 35.0 Å². The van der Waals surface area contributed by atoms with Crippen LogP contribution in [0.4, 0.5) is 27.7 Å². The van der Waals surface area contributed by atoms with Gasteiger partial charge in [0.15, 0.2) is 17.0 Å². The van der Waals surface area contributed by atoms with E-state index < -0.39 is 15.8 Å². The van der Waals surface area contributed by atoms with Crippen LogP contribution in [-0.2, 0) is 10.0 Å². The van der Waals surface area contributed by atoms with Gasteiger partial charge in [0.2, 0.25) is 0 Å². The van der Waals surface area contributed by atoms with E-state index >= 15 is 0 Å². The van der Waals surface area contributed by atoms with Gasteiger partial charge in [-0.15, -0.1) is 0 Å². The summed E-state index contributed by atoms with van der Waals surface area (Å²) in [6.45, 7) is 4.09. The summed E-state index contributed by atoms with van der Waals surface area (Å²) in [5.41, 5.74) is 9.86. The minimum atomic E-state index is -4.10. The fourth-order valence-electron chi connectivity index (χ4n) is 5.53. The van der Waals surface area contributed by atoms with Gasteiger partial charge in [-0.25, -0.2) is 27.8 Å². The maximum atomic E-state index is 13.8. The zero-order valence-corrected chi connectivity index (χ0v) is 25.0. The molecule has 4 aromatic heterocycles. The number of anilines is 4. The summed E-state index contributed by atoms with van der Waals surface area (Å²) in [6, 6.07) is 10.5. The van der Waals surface area contributed by atoms with Crippen molar-refractivity contribution in [3.05, 3.63) is 66.4 Å². The van der Waals surface area contributed by atoms with Crippen LogP contribution in [0.1, 0.15) is 5.56 Å². The molecular formula is C29H27FN10O4S. The van der Waals surface area contributed by atoms with Gasteiger partial charge in [0, 0.05) is 37.3 Å². The Balaban J connectivity index is 1.16. The third kappa shape index (κ3) is 5.08. The number of oxazole rings is 1. The van der Waals surface area contributed by atoms with Crippen molar-refractivity contribution in [2.75, 3.05) is 53.5 Å². The molecule has 0 saturated carbocycles. The van der Waals surface area contributed by atoms with E-state index in [1.54, 1.807) is 13.0 Å². The molecular weight excluding hydrogens is 603 g/mol. The largest absolute Gasteiger partial charge is 0.493 e. The maximum absolute atomic E-state index is 13.8. The number of aromatic amines is 1. The van der Waals surface area contributed by atoms with Crippen LogP contribution in [0.25, 0.3) is 33.4 Å². The minimum Gasteiger partial charge on any atom is -0.493 e. The van der Waals surface area contributed by atoms with Crippen molar-refractivity contribution < 1.29 is 22.0 Å². The Morgan fingerprint density at radius 3 is 2.58 bits per heavy atom. The van der Waals surface area contributed by atoms with Crippen molar-refractivity contribution in [3.8, 4) is 17.0 Å². The van der Waals surface area contributed by atoms with E-state index in [0.29, 0.717) is 54.3 Å². The van der Waals surface area contributed by atoms with E-state index in [-0.39, 0.29) is 22.3 Å². The van der Waals surface area contributed by atoms with Gasteiger partial charge in [-0.05, 0) is 43.3 Å². The van der Waals surface area contributed by atoms with Crippen LogP contribution < -0.4 is 25.0 Å². The molecule has 0 spiro atoms. The standard InChI is InChI=1S/C29H27FN10O4S/c1-16-24(38-45(41,42)19-5-3-4-18(30)13-19)22(43-2)14-32-27(16)39-8-10-40(11-9-39)28-23-25(36-37-26(23)33-15-34-28)17-6-7-21-20(12-17)35-29(31)44-21/h3-7,12-15H,8-11H2,1-2H3,(H2,31,35)(H,32,38)(H,33,34,36,37). The highest BCUT2D eigenvalue weighted by Gasteiger charge is 2.27. The monoisotopic (exact) mass is 630 g/mol. The molecule has 14 nitrogen and oxygen atoms in total. The van der Waals surface area contributed by atoms with Gasteiger partial charge >= 0.3 is 0 Å². The number of pyridine rings is 1. The molecule has 230 valence electrons. The molecule has 0 bridgehead atoms. The fourth-order valence-corrected chi connectivity index (χ4v) is 6.69. The lowest BCUT2D eigenvalue weighted by molar-refractivity contribution is 0.414. The Kier molecular flexibility index (Phi) is 6.84. The topological polar surface area (TPSA) is 181 Å². The summed E-state index contributed by atoms with van der Waals surface area (Å²) in [5.74, 6) is 0.923. The number of H-pyrrole nitrogens is 1. The van der Waals surface area contributed by atoms with E-state index in [4.69, 9.17) is 14.9 Å². The average Bonchev–Trinajstić information content (AvgIpc) is 3.64.